The summed E-state index contributed by atoms with van der Waals surface area (Å²) in [6, 6.07) is 5.83. The van der Waals surface area contributed by atoms with Crippen LogP contribution in [0.2, 0.25) is 0 Å². The first-order chi connectivity index (χ1) is 8.92. The van der Waals surface area contributed by atoms with E-state index < -0.39 is 0 Å². The van der Waals surface area contributed by atoms with Crippen LogP contribution < -0.4 is 14.8 Å². The molecular formula is C13H13N3O2. The van der Waals surface area contributed by atoms with Crippen LogP contribution in [-0.4, -0.2) is 23.2 Å². The van der Waals surface area contributed by atoms with Gasteiger partial charge in [-0.2, -0.15) is 0 Å². The first-order valence-corrected chi connectivity index (χ1v) is 5.79. The van der Waals surface area contributed by atoms with E-state index in [9.17, 15) is 0 Å². The molecule has 1 aliphatic heterocycles. The van der Waals surface area contributed by atoms with Gasteiger partial charge in [-0.3, -0.25) is 0 Å². The summed E-state index contributed by atoms with van der Waals surface area (Å²) in [4.78, 5) is 7.94. The van der Waals surface area contributed by atoms with Crippen LogP contribution in [0.4, 0.5) is 5.69 Å². The van der Waals surface area contributed by atoms with E-state index in [1.165, 1.54) is 6.33 Å². The van der Waals surface area contributed by atoms with E-state index in [1.54, 1.807) is 12.4 Å². The molecular weight excluding hydrogens is 230 g/mol. The monoisotopic (exact) mass is 243 g/mol. The second kappa shape index (κ2) is 4.91. The lowest BCUT2D eigenvalue weighted by atomic mass is 10.2. The maximum atomic E-state index is 5.53. The fourth-order valence-electron chi connectivity index (χ4n) is 1.78. The molecule has 3 rings (SSSR count). The van der Waals surface area contributed by atoms with Crippen molar-refractivity contribution in [1.29, 1.82) is 0 Å². The Morgan fingerprint density at radius 2 is 1.83 bits per heavy atom. The van der Waals surface area contributed by atoms with Crippen molar-refractivity contribution in [2.45, 2.75) is 6.54 Å². The summed E-state index contributed by atoms with van der Waals surface area (Å²) < 4.78 is 11.0. The standard InChI is InChI=1S/C13H13N3O2/c1-2-12-13(18-4-3-17-12)5-11(1)16-8-10-6-14-9-15-7-10/h1-2,5-7,9,16H,3-4,8H2. The fourth-order valence-corrected chi connectivity index (χ4v) is 1.78. The first-order valence-electron chi connectivity index (χ1n) is 5.79. The average Bonchev–Trinajstić information content (AvgIpc) is 2.46. The Labute approximate surface area is 105 Å². The van der Waals surface area contributed by atoms with Crippen LogP contribution in [-0.2, 0) is 6.54 Å². The summed E-state index contributed by atoms with van der Waals surface area (Å²) in [5.41, 5.74) is 2.02. The Bertz CT molecular complexity index is 531. The second-order valence-electron chi connectivity index (χ2n) is 3.96. The first kappa shape index (κ1) is 10.8. The van der Waals surface area contributed by atoms with Crippen molar-refractivity contribution >= 4 is 5.69 Å². The quantitative estimate of drug-likeness (QED) is 0.891. The van der Waals surface area contributed by atoms with Crippen LogP contribution in [0.1, 0.15) is 5.56 Å². The van der Waals surface area contributed by atoms with Crippen molar-refractivity contribution in [3.63, 3.8) is 0 Å². The number of nitrogens with one attached hydrogen (secondary N) is 1. The molecule has 0 unspecified atom stereocenters. The molecule has 1 aromatic carbocycles. The number of ether oxygens (including phenoxy) is 2. The molecule has 2 heterocycles. The molecule has 18 heavy (non-hydrogen) atoms. The average molecular weight is 243 g/mol. The summed E-state index contributed by atoms with van der Waals surface area (Å²) in [7, 11) is 0. The predicted octanol–water partition coefficient (Wildman–Crippen LogP) is 1.86. The van der Waals surface area contributed by atoms with E-state index in [-0.39, 0.29) is 0 Å². The van der Waals surface area contributed by atoms with Gasteiger partial charge in [-0.25, -0.2) is 9.97 Å². The lowest BCUT2D eigenvalue weighted by molar-refractivity contribution is 0.171. The topological polar surface area (TPSA) is 56.3 Å². The maximum Gasteiger partial charge on any atom is 0.163 e. The van der Waals surface area contributed by atoms with Gasteiger partial charge in [0.2, 0.25) is 0 Å². The Hall–Kier alpha value is -2.30. The van der Waals surface area contributed by atoms with Gasteiger partial charge in [0, 0.05) is 36.3 Å². The number of aromatic nitrogens is 2. The number of anilines is 1. The summed E-state index contributed by atoms with van der Waals surface area (Å²) >= 11 is 0. The summed E-state index contributed by atoms with van der Waals surface area (Å²) in [6.45, 7) is 1.89. The summed E-state index contributed by atoms with van der Waals surface area (Å²) in [6.07, 6.45) is 5.10. The molecule has 92 valence electrons. The molecule has 1 aromatic heterocycles. The Kier molecular flexibility index (Phi) is 2.96. The van der Waals surface area contributed by atoms with Crippen molar-refractivity contribution < 1.29 is 9.47 Å². The lowest BCUT2D eigenvalue weighted by Gasteiger charge is -2.19. The number of rotatable bonds is 3. The third-order valence-corrected chi connectivity index (χ3v) is 2.65. The maximum absolute atomic E-state index is 5.53. The van der Waals surface area contributed by atoms with Gasteiger partial charge >= 0.3 is 0 Å². The van der Waals surface area contributed by atoms with Crippen LogP contribution in [0, 0.1) is 0 Å². The minimum atomic E-state index is 0.600. The van der Waals surface area contributed by atoms with Crippen LogP contribution in [0.3, 0.4) is 0 Å². The third kappa shape index (κ3) is 2.34. The van der Waals surface area contributed by atoms with E-state index in [4.69, 9.17) is 9.47 Å². The molecule has 0 bridgehead atoms. The predicted molar refractivity (Wildman–Crippen MR) is 66.8 cm³/mol. The smallest absolute Gasteiger partial charge is 0.163 e. The summed E-state index contributed by atoms with van der Waals surface area (Å²) in [5, 5.41) is 3.30. The van der Waals surface area contributed by atoms with E-state index >= 15 is 0 Å². The van der Waals surface area contributed by atoms with Gasteiger partial charge in [-0.05, 0) is 12.1 Å². The van der Waals surface area contributed by atoms with E-state index in [2.05, 4.69) is 15.3 Å². The van der Waals surface area contributed by atoms with E-state index in [0.717, 1.165) is 22.7 Å². The molecule has 5 nitrogen and oxygen atoms in total. The minimum absolute atomic E-state index is 0.600. The van der Waals surface area contributed by atoms with Gasteiger partial charge in [0.25, 0.3) is 0 Å². The third-order valence-electron chi connectivity index (χ3n) is 2.65. The van der Waals surface area contributed by atoms with Gasteiger partial charge in [0.1, 0.15) is 19.5 Å². The van der Waals surface area contributed by atoms with Crippen LogP contribution in [0.15, 0.2) is 36.9 Å². The van der Waals surface area contributed by atoms with Crippen molar-refractivity contribution in [2.75, 3.05) is 18.5 Å². The SMILES string of the molecule is c1ncc(CNc2ccc3c(c2)OCCO3)cn1. The van der Waals surface area contributed by atoms with Crippen LogP contribution in [0.5, 0.6) is 11.5 Å². The molecule has 1 aliphatic rings. The van der Waals surface area contributed by atoms with Crippen molar-refractivity contribution in [1.82, 2.24) is 9.97 Å². The van der Waals surface area contributed by atoms with Crippen LogP contribution in [0.25, 0.3) is 0 Å². The second-order valence-corrected chi connectivity index (χ2v) is 3.96. The van der Waals surface area contributed by atoms with Crippen molar-refractivity contribution in [3.05, 3.63) is 42.5 Å². The van der Waals surface area contributed by atoms with Gasteiger partial charge in [-0.15, -0.1) is 0 Å². The molecule has 0 spiro atoms. The normalized spacial score (nSPS) is 13.1. The number of hydrogen-bond acceptors (Lipinski definition) is 5. The largest absolute Gasteiger partial charge is 0.486 e. The highest BCUT2D eigenvalue weighted by Gasteiger charge is 2.11. The molecule has 0 radical (unpaired) electrons. The van der Waals surface area contributed by atoms with Crippen molar-refractivity contribution in [2.24, 2.45) is 0 Å². The number of benzene rings is 1. The molecule has 0 amide bonds. The molecule has 0 fully saturated rings. The Morgan fingerprint density at radius 1 is 1.06 bits per heavy atom. The zero-order chi connectivity index (χ0) is 12.2. The molecule has 0 saturated heterocycles. The molecule has 5 heteroatoms. The molecule has 0 atom stereocenters. The number of nitrogens with zero attached hydrogens (tertiary/aromatic N) is 2. The highest BCUT2D eigenvalue weighted by atomic mass is 16.6. The highest BCUT2D eigenvalue weighted by Crippen LogP contribution is 2.32. The molecule has 2 aromatic rings. The number of hydrogen-bond donors (Lipinski definition) is 1. The molecule has 0 saturated carbocycles. The fraction of sp³-hybridized carbons (Fsp3) is 0.231. The summed E-state index contributed by atoms with van der Waals surface area (Å²) in [5.74, 6) is 1.59. The molecule has 0 aliphatic carbocycles. The Morgan fingerprint density at radius 3 is 2.67 bits per heavy atom. The van der Waals surface area contributed by atoms with Gasteiger partial charge in [0.15, 0.2) is 11.5 Å². The highest BCUT2D eigenvalue weighted by molar-refractivity contribution is 5.55. The van der Waals surface area contributed by atoms with Crippen molar-refractivity contribution in [3.8, 4) is 11.5 Å². The van der Waals surface area contributed by atoms with E-state index in [0.29, 0.717) is 19.8 Å². The lowest BCUT2D eigenvalue weighted by Crippen LogP contribution is -2.15. The zero-order valence-corrected chi connectivity index (χ0v) is 9.80. The molecule has 1 N–H and O–H groups in total. The van der Waals surface area contributed by atoms with E-state index in [1.807, 2.05) is 18.2 Å². The number of fused-ring (bicyclic) bond motifs is 1. The Balaban J connectivity index is 1.70. The zero-order valence-electron chi connectivity index (χ0n) is 9.80. The van der Waals surface area contributed by atoms with Gasteiger partial charge < -0.3 is 14.8 Å². The minimum Gasteiger partial charge on any atom is -0.486 e. The van der Waals surface area contributed by atoms with Gasteiger partial charge in [0.05, 0.1) is 0 Å². The van der Waals surface area contributed by atoms with Crippen LogP contribution >= 0.6 is 0 Å². The van der Waals surface area contributed by atoms with Gasteiger partial charge in [-0.1, -0.05) is 0 Å².